The van der Waals surface area contributed by atoms with Crippen molar-refractivity contribution in [3.8, 4) is 0 Å². The number of esters is 1. The van der Waals surface area contributed by atoms with Crippen LogP contribution < -0.4 is 5.73 Å². The van der Waals surface area contributed by atoms with E-state index in [1.54, 1.807) is 30.3 Å². The van der Waals surface area contributed by atoms with E-state index in [2.05, 4.69) is 4.74 Å². The van der Waals surface area contributed by atoms with Gasteiger partial charge >= 0.3 is 5.97 Å². The molecule has 0 aliphatic carbocycles. The van der Waals surface area contributed by atoms with Gasteiger partial charge in [-0.05, 0) is 5.56 Å². The van der Waals surface area contributed by atoms with E-state index >= 15 is 0 Å². The summed E-state index contributed by atoms with van der Waals surface area (Å²) in [5, 5.41) is 0. The van der Waals surface area contributed by atoms with Gasteiger partial charge < -0.3 is 10.5 Å². The van der Waals surface area contributed by atoms with Gasteiger partial charge in [0.05, 0.1) is 18.8 Å². The summed E-state index contributed by atoms with van der Waals surface area (Å²) in [7, 11) is -2.58. The van der Waals surface area contributed by atoms with E-state index in [-0.39, 0.29) is 0 Å². The Hall–Kier alpha value is -1.89. The molecular formula is C12H15NO5S. The van der Waals surface area contributed by atoms with Crippen LogP contribution in [0.3, 0.4) is 0 Å². The molecule has 0 radical (unpaired) electrons. The molecule has 6 nitrogen and oxygen atoms in total. The van der Waals surface area contributed by atoms with Gasteiger partial charge in [-0.15, -0.1) is 0 Å². The van der Waals surface area contributed by atoms with Crippen LogP contribution >= 0.6 is 0 Å². The summed E-state index contributed by atoms with van der Waals surface area (Å²) < 4.78 is 28.1. The van der Waals surface area contributed by atoms with Gasteiger partial charge in [-0.1, -0.05) is 30.3 Å². The number of ether oxygens (including phenoxy) is 1. The highest BCUT2D eigenvalue weighted by Gasteiger charge is 2.28. The lowest BCUT2D eigenvalue weighted by molar-refractivity contribution is -0.141. The van der Waals surface area contributed by atoms with E-state index in [1.165, 1.54) is 7.11 Å². The molecular weight excluding hydrogens is 270 g/mol. The molecule has 0 bridgehead atoms. The van der Waals surface area contributed by atoms with Gasteiger partial charge in [-0.25, -0.2) is 8.42 Å². The Labute approximate surface area is 111 Å². The van der Waals surface area contributed by atoms with Crippen LogP contribution in [-0.2, 0) is 24.2 Å². The third kappa shape index (κ3) is 4.70. The van der Waals surface area contributed by atoms with Crippen LogP contribution in [0, 0.1) is 0 Å². The highest BCUT2D eigenvalue weighted by molar-refractivity contribution is 7.92. The highest BCUT2D eigenvalue weighted by Crippen LogP contribution is 2.19. The minimum atomic E-state index is -3.76. The summed E-state index contributed by atoms with van der Waals surface area (Å²) in [5.41, 5.74) is 5.38. The monoisotopic (exact) mass is 285 g/mol. The molecule has 1 aromatic carbocycles. The smallest absolute Gasteiger partial charge is 0.314 e. The van der Waals surface area contributed by atoms with E-state index < -0.39 is 39.1 Å². The number of amides is 1. The number of hydrogen-bond donors (Lipinski definition) is 1. The Morgan fingerprint density at radius 2 is 1.84 bits per heavy atom. The first-order chi connectivity index (χ1) is 8.85. The van der Waals surface area contributed by atoms with E-state index in [0.717, 1.165) is 0 Å². The Balaban J connectivity index is 3.01. The van der Waals surface area contributed by atoms with Crippen molar-refractivity contribution in [2.75, 3.05) is 18.6 Å². The predicted octanol–water partition coefficient (Wildman–Crippen LogP) is -0.157. The van der Waals surface area contributed by atoms with E-state index in [4.69, 9.17) is 5.73 Å². The Morgan fingerprint density at radius 1 is 1.26 bits per heavy atom. The molecule has 7 heteroatoms. The van der Waals surface area contributed by atoms with Crippen LogP contribution in [0.4, 0.5) is 0 Å². The molecule has 19 heavy (non-hydrogen) atoms. The zero-order valence-corrected chi connectivity index (χ0v) is 11.2. The summed E-state index contributed by atoms with van der Waals surface area (Å²) >= 11 is 0. The number of sulfone groups is 1. The number of nitrogens with two attached hydrogens (primary N) is 1. The van der Waals surface area contributed by atoms with Crippen molar-refractivity contribution in [2.24, 2.45) is 5.73 Å². The van der Waals surface area contributed by atoms with E-state index in [0.29, 0.717) is 5.56 Å². The second kappa shape index (κ2) is 6.33. The van der Waals surface area contributed by atoms with Crippen molar-refractivity contribution in [1.29, 1.82) is 0 Å². The van der Waals surface area contributed by atoms with E-state index in [9.17, 15) is 18.0 Å². The Morgan fingerprint density at radius 3 is 2.32 bits per heavy atom. The lowest BCUT2D eigenvalue weighted by Crippen LogP contribution is -2.30. The zero-order valence-electron chi connectivity index (χ0n) is 10.4. The number of hydrogen-bond acceptors (Lipinski definition) is 5. The summed E-state index contributed by atoms with van der Waals surface area (Å²) in [6.45, 7) is 0. The lowest BCUT2D eigenvalue weighted by atomic mass is 10.0. The maximum atomic E-state index is 11.7. The van der Waals surface area contributed by atoms with Crippen LogP contribution in [0.25, 0.3) is 0 Å². The topological polar surface area (TPSA) is 104 Å². The molecule has 1 unspecified atom stereocenters. The minimum Gasteiger partial charge on any atom is -0.469 e. The third-order valence-corrected chi connectivity index (χ3v) is 4.04. The molecule has 1 atom stereocenters. The zero-order chi connectivity index (χ0) is 14.5. The first-order valence-electron chi connectivity index (χ1n) is 5.47. The number of benzene rings is 1. The normalized spacial score (nSPS) is 12.7. The van der Waals surface area contributed by atoms with Gasteiger partial charge in [0.1, 0.15) is 5.75 Å². The van der Waals surface area contributed by atoms with Crippen molar-refractivity contribution in [2.45, 2.75) is 5.92 Å². The molecule has 2 N–H and O–H groups in total. The Bertz CT molecular complexity index is 553. The minimum absolute atomic E-state index is 0.507. The molecule has 104 valence electrons. The molecule has 0 aromatic heterocycles. The fourth-order valence-electron chi connectivity index (χ4n) is 1.66. The van der Waals surface area contributed by atoms with Crippen molar-refractivity contribution >= 4 is 21.7 Å². The number of methoxy groups -OCH3 is 1. The van der Waals surface area contributed by atoms with Gasteiger partial charge in [0.15, 0.2) is 9.84 Å². The lowest BCUT2D eigenvalue weighted by Gasteiger charge is -2.14. The average molecular weight is 285 g/mol. The SMILES string of the molecule is COC(=O)C(CS(=O)(=O)CC(N)=O)c1ccccc1. The summed E-state index contributed by atoms with van der Waals surface area (Å²) in [5.74, 6) is -3.87. The van der Waals surface area contributed by atoms with Gasteiger partial charge in [0.2, 0.25) is 5.91 Å². The highest BCUT2D eigenvalue weighted by atomic mass is 32.2. The number of carbonyl (C=O) groups is 2. The van der Waals surface area contributed by atoms with Crippen molar-refractivity contribution in [3.05, 3.63) is 35.9 Å². The number of carbonyl (C=O) groups excluding carboxylic acids is 2. The summed E-state index contributed by atoms with van der Waals surface area (Å²) in [4.78, 5) is 22.4. The van der Waals surface area contributed by atoms with Crippen LogP contribution in [-0.4, -0.2) is 38.9 Å². The van der Waals surface area contributed by atoms with Crippen LogP contribution in [0.1, 0.15) is 11.5 Å². The first-order valence-corrected chi connectivity index (χ1v) is 7.29. The standard InChI is InChI=1S/C12H15NO5S/c1-18-12(15)10(9-5-3-2-4-6-9)7-19(16,17)8-11(13)14/h2-6,10H,7-8H2,1H3,(H2,13,14). The fraction of sp³-hybridized carbons (Fsp3) is 0.333. The van der Waals surface area contributed by atoms with Crippen LogP contribution in [0.15, 0.2) is 30.3 Å². The van der Waals surface area contributed by atoms with Gasteiger partial charge in [0, 0.05) is 0 Å². The molecule has 0 heterocycles. The molecule has 0 aliphatic rings. The molecule has 1 aromatic rings. The van der Waals surface area contributed by atoms with Crippen molar-refractivity contribution in [3.63, 3.8) is 0 Å². The molecule has 1 rings (SSSR count). The summed E-state index contributed by atoms with van der Waals surface area (Å²) in [6, 6.07) is 8.37. The van der Waals surface area contributed by atoms with Crippen LogP contribution in [0.2, 0.25) is 0 Å². The van der Waals surface area contributed by atoms with Crippen LogP contribution in [0.5, 0.6) is 0 Å². The maximum absolute atomic E-state index is 11.7. The Kier molecular flexibility index (Phi) is 5.05. The molecule has 0 saturated carbocycles. The molecule has 1 amide bonds. The van der Waals surface area contributed by atoms with Gasteiger partial charge in [-0.3, -0.25) is 9.59 Å². The van der Waals surface area contributed by atoms with Gasteiger partial charge in [0.25, 0.3) is 0 Å². The number of rotatable bonds is 6. The maximum Gasteiger partial charge on any atom is 0.314 e. The first kappa shape index (κ1) is 15.2. The van der Waals surface area contributed by atoms with E-state index in [1.807, 2.05) is 0 Å². The molecule has 0 aliphatic heterocycles. The van der Waals surface area contributed by atoms with Crippen molar-refractivity contribution in [1.82, 2.24) is 0 Å². The number of primary amides is 1. The predicted molar refractivity (Wildman–Crippen MR) is 69.0 cm³/mol. The molecule has 0 fully saturated rings. The fourth-order valence-corrected chi connectivity index (χ4v) is 3.05. The largest absolute Gasteiger partial charge is 0.469 e. The second-order valence-electron chi connectivity index (χ2n) is 4.01. The molecule has 0 saturated heterocycles. The third-order valence-electron chi connectivity index (χ3n) is 2.47. The second-order valence-corrected chi connectivity index (χ2v) is 6.12. The summed E-state index contributed by atoms with van der Waals surface area (Å²) in [6.07, 6.45) is 0. The van der Waals surface area contributed by atoms with Crippen molar-refractivity contribution < 1.29 is 22.7 Å². The van der Waals surface area contributed by atoms with Gasteiger partial charge in [-0.2, -0.15) is 0 Å². The molecule has 0 spiro atoms. The average Bonchev–Trinajstić information content (AvgIpc) is 2.34. The quantitative estimate of drug-likeness (QED) is 0.732.